The molecular weight excluding hydrogens is 452 g/mol. The summed E-state index contributed by atoms with van der Waals surface area (Å²) in [4.78, 5) is 39.8. The van der Waals surface area contributed by atoms with Crippen LogP contribution in [0, 0.1) is 5.41 Å². The maximum atomic E-state index is 12.9. The monoisotopic (exact) mass is 484 g/mol. The molecule has 0 N–H and O–H groups in total. The number of hydrogen-bond donors (Lipinski definition) is 0. The Bertz CT molecular complexity index is 1330. The molecule has 0 radical (unpaired) electrons. The Balaban J connectivity index is 1.28. The van der Waals surface area contributed by atoms with Gasteiger partial charge >= 0.3 is 5.97 Å². The molecule has 3 aromatic rings. The van der Waals surface area contributed by atoms with Crippen LogP contribution in [-0.2, 0) is 20.7 Å². The highest BCUT2D eigenvalue weighted by Crippen LogP contribution is 2.47. The molecule has 1 atom stereocenters. The van der Waals surface area contributed by atoms with E-state index < -0.39 is 11.5 Å². The number of carbonyl (C=O) groups is 2. The summed E-state index contributed by atoms with van der Waals surface area (Å²) < 4.78 is 7.54. The van der Waals surface area contributed by atoms with Crippen LogP contribution < -0.4 is 0 Å². The van der Waals surface area contributed by atoms with Crippen LogP contribution in [0.4, 0.5) is 0 Å². The molecule has 0 saturated heterocycles. The number of fused-ring (bicyclic) bond motifs is 1. The van der Waals surface area contributed by atoms with Gasteiger partial charge < -0.3 is 4.74 Å². The largest absolute Gasteiger partial charge is 0.464 e. The molecule has 36 heavy (non-hydrogen) atoms. The van der Waals surface area contributed by atoms with Gasteiger partial charge in [0.1, 0.15) is 17.1 Å². The smallest absolute Gasteiger partial charge is 0.331 e. The van der Waals surface area contributed by atoms with Crippen molar-refractivity contribution in [2.24, 2.45) is 10.4 Å². The minimum atomic E-state index is -0.629. The fourth-order valence-corrected chi connectivity index (χ4v) is 5.85. The number of ether oxygens (including phenoxy) is 1. The highest BCUT2D eigenvalue weighted by Gasteiger charge is 2.52. The van der Waals surface area contributed by atoms with Gasteiger partial charge in [-0.1, -0.05) is 31.4 Å². The van der Waals surface area contributed by atoms with Crippen molar-refractivity contribution in [2.45, 2.75) is 76.7 Å². The number of benzene rings is 1. The van der Waals surface area contributed by atoms with Crippen LogP contribution in [0.1, 0.15) is 75.6 Å². The van der Waals surface area contributed by atoms with E-state index in [9.17, 15) is 9.59 Å². The van der Waals surface area contributed by atoms with Gasteiger partial charge in [0.25, 0.3) is 0 Å². The minimum absolute atomic E-state index is 0.292. The van der Waals surface area contributed by atoms with Crippen LogP contribution in [0.2, 0.25) is 0 Å². The lowest BCUT2D eigenvalue weighted by molar-refractivity contribution is -0.144. The summed E-state index contributed by atoms with van der Waals surface area (Å²) in [7, 11) is 0. The van der Waals surface area contributed by atoms with Gasteiger partial charge in [-0.05, 0) is 62.4 Å². The van der Waals surface area contributed by atoms with Crippen molar-refractivity contribution in [1.82, 2.24) is 14.5 Å². The molecule has 1 spiro atoms. The number of rotatable bonds is 7. The number of carbonyl (C=O) groups excluding carboxylic acids is 2. The normalized spacial score (nSPS) is 21.0. The van der Waals surface area contributed by atoms with Crippen molar-refractivity contribution < 1.29 is 14.3 Å². The van der Waals surface area contributed by atoms with Gasteiger partial charge in [0, 0.05) is 36.4 Å². The molecule has 0 aliphatic heterocycles. The molecule has 2 heterocycles. The van der Waals surface area contributed by atoms with Crippen molar-refractivity contribution in [3.63, 3.8) is 0 Å². The van der Waals surface area contributed by atoms with Gasteiger partial charge in [-0.2, -0.15) is 0 Å². The molecule has 0 unspecified atom stereocenters. The quantitative estimate of drug-likeness (QED) is 0.434. The molecule has 3 fully saturated rings. The Morgan fingerprint density at radius 1 is 1.17 bits per heavy atom. The van der Waals surface area contributed by atoms with E-state index in [2.05, 4.69) is 33.8 Å². The average Bonchev–Trinajstić information content (AvgIpc) is 3.69. The molecule has 1 aromatic carbocycles. The molecule has 0 bridgehead atoms. The zero-order valence-corrected chi connectivity index (χ0v) is 20.8. The summed E-state index contributed by atoms with van der Waals surface area (Å²) >= 11 is 0. The molecule has 7 heteroatoms. The van der Waals surface area contributed by atoms with E-state index in [0.717, 1.165) is 72.5 Å². The third-order valence-electron chi connectivity index (χ3n) is 8.00. The lowest BCUT2D eigenvalue weighted by Crippen LogP contribution is -2.52. The first-order chi connectivity index (χ1) is 17.6. The zero-order valence-electron chi connectivity index (χ0n) is 20.8. The van der Waals surface area contributed by atoms with Gasteiger partial charge in [-0.3, -0.25) is 14.4 Å². The summed E-state index contributed by atoms with van der Waals surface area (Å²) in [6.45, 7) is 2.13. The van der Waals surface area contributed by atoms with E-state index in [-0.39, 0.29) is 5.97 Å². The fourth-order valence-electron chi connectivity index (χ4n) is 5.85. The van der Waals surface area contributed by atoms with Crippen LogP contribution in [0.5, 0.6) is 0 Å². The van der Waals surface area contributed by atoms with E-state index in [1.807, 2.05) is 19.1 Å². The van der Waals surface area contributed by atoms with Gasteiger partial charge in [0.05, 0.1) is 12.0 Å². The number of esters is 1. The number of hydrogen-bond acceptors (Lipinski definition) is 6. The standard InChI is InChI=1S/C29H32N4O3/c1-2-36-28(35)23(31-24-18-25(34)29(24)14-4-3-5-15-29)17-19-8-12-21(13-9-19)33-26(20-10-11-20)32-22-7-6-16-30-27(22)33/h6-9,12-13,16,20,23H,2-5,10-11,14-15,17-18H2,1H3/t23-/m0/s1. The highest BCUT2D eigenvalue weighted by molar-refractivity contribution is 6.27. The maximum absolute atomic E-state index is 12.9. The van der Waals surface area contributed by atoms with Crippen molar-refractivity contribution >= 4 is 28.6 Å². The number of Topliss-reactive ketones (excluding diaryl/α,β-unsaturated/α-hetero) is 1. The summed E-state index contributed by atoms with van der Waals surface area (Å²) in [5.41, 5.74) is 4.30. The van der Waals surface area contributed by atoms with Crippen LogP contribution in [0.15, 0.2) is 47.6 Å². The number of aliphatic imine (C=N–C) groups is 1. The SMILES string of the molecule is CCOC(=O)[C@H](Cc1ccc(-n2c(C3CC3)nc3cccnc32)cc1)N=C1CC(=O)C12CCCCC2. The third kappa shape index (κ3) is 4.04. The fraction of sp³-hybridized carbons (Fsp3) is 0.483. The van der Waals surface area contributed by atoms with E-state index in [1.54, 1.807) is 6.20 Å². The van der Waals surface area contributed by atoms with Crippen LogP contribution >= 0.6 is 0 Å². The predicted molar refractivity (Wildman–Crippen MR) is 138 cm³/mol. The number of aromatic nitrogens is 3. The van der Waals surface area contributed by atoms with Crippen molar-refractivity contribution in [3.05, 3.63) is 54.0 Å². The summed E-state index contributed by atoms with van der Waals surface area (Å²) in [6, 6.07) is 11.5. The van der Waals surface area contributed by atoms with Crippen LogP contribution in [0.3, 0.4) is 0 Å². The number of imidazole rings is 1. The summed E-state index contributed by atoms with van der Waals surface area (Å²) in [6.07, 6.45) is 9.95. The molecule has 2 aromatic heterocycles. The molecule has 186 valence electrons. The number of ketones is 1. The minimum Gasteiger partial charge on any atom is -0.464 e. The van der Waals surface area contributed by atoms with Crippen molar-refractivity contribution in [3.8, 4) is 5.69 Å². The summed E-state index contributed by atoms with van der Waals surface area (Å²) in [5, 5.41) is 0. The van der Waals surface area contributed by atoms with Gasteiger partial charge in [0.2, 0.25) is 0 Å². The topological polar surface area (TPSA) is 86.4 Å². The predicted octanol–water partition coefficient (Wildman–Crippen LogP) is 5.14. The molecule has 6 rings (SSSR count). The average molecular weight is 485 g/mol. The lowest BCUT2D eigenvalue weighted by Gasteiger charge is -2.44. The van der Waals surface area contributed by atoms with Gasteiger partial charge in [0.15, 0.2) is 11.7 Å². The lowest BCUT2D eigenvalue weighted by atomic mass is 9.58. The van der Waals surface area contributed by atoms with E-state index >= 15 is 0 Å². The first-order valence-corrected chi connectivity index (χ1v) is 13.3. The molecule has 3 saturated carbocycles. The Morgan fingerprint density at radius 2 is 1.94 bits per heavy atom. The van der Waals surface area contributed by atoms with Crippen LogP contribution in [-0.4, -0.2) is 44.6 Å². The van der Waals surface area contributed by atoms with E-state index in [1.165, 1.54) is 6.42 Å². The van der Waals surface area contributed by atoms with Crippen LogP contribution in [0.25, 0.3) is 16.9 Å². The second-order valence-corrected chi connectivity index (χ2v) is 10.4. The van der Waals surface area contributed by atoms with Gasteiger partial charge in [-0.15, -0.1) is 0 Å². The van der Waals surface area contributed by atoms with E-state index in [0.29, 0.717) is 31.1 Å². The first kappa shape index (κ1) is 23.1. The molecule has 3 aliphatic rings. The maximum Gasteiger partial charge on any atom is 0.331 e. The van der Waals surface area contributed by atoms with Crippen molar-refractivity contribution in [1.29, 1.82) is 0 Å². The number of nitrogens with zero attached hydrogens (tertiary/aromatic N) is 4. The molecule has 3 aliphatic carbocycles. The highest BCUT2D eigenvalue weighted by atomic mass is 16.5. The molecular formula is C29H32N4O3. The van der Waals surface area contributed by atoms with Gasteiger partial charge in [-0.25, -0.2) is 14.8 Å². The Morgan fingerprint density at radius 3 is 2.64 bits per heavy atom. The molecule has 0 amide bonds. The second-order valence-electron chi connectivity index (χ2n) is 10.4. The first-order valence-electron chi connectivity index (χ1n) is 13.3. The Hall–Kier alpha value is -3.35. The second kappa shape index (κ2) is 9.26. The number of pyridine rings is 1. The Kier molecular flexibility index (Phi) is 5.94. The molecule has 7 nitrogen and oxygen atoms in total. The summed E-state index contributed by atoms with van der Waals surface area (Å²) in [5.74, 6) is 1.53. The van der Waals surface area contributed by atoms with Crippen molar-refractivity contribution in [2.75, 3.05) is 6.61 Å². The van der Waals surface area contributed by atoms with E-state index in [4.69, 9.17) is 14.7 Å². The third-order valence-corrected chi connectivity index (χ3v) is 8.00. The Labute approximate surface area is 211 Å². The zero-order chi connectivity index (χ0) is 24.7.